The number of nitriles is 2. The second kappa shape index (κ2) is 18.9. The number of benzene rings is 11. The number of nitrogens with zero attached hydrogens (tertiary/aromatic N) is 10. The molecule has 1 atom stereocenters. The molecule has 95 heavy (non-hydrogen) atoms. The van der Waals surface area contributed by atoms with E-state index in [2.05, 4.69) is 265 Å². The van der Waals surface area contributed by atoms with Crippen molar-refractivity contribution in [3.8, 4) is 63.5 Å². The Morgan fingerprint density at radius 1 is 0.284 bits per heavy atom. The molecule has 0 amide bonds. The van der Waals surface area contributed by atoms with Gasteiger partial charge in [0, 0.05) is 112 Å². The number of aromatic nitrogens is 8. The van der Waals surface area contributed by atoms with Gasteiger partial charge in [-0.2, -0.15) is 10.5 Å². The van der Waals surface area contributed by atoms with Gasteiger partial charge >= 0.3 is 0 Å². The Kier molecular flexibility index (Phi) is 10.2. The molecule has 11 aromatic carbocycles. The standard InChI is InChI=1S/C84H46N10O/c85-44-49-25-32-76-63(37-49)60-17-5-11-23-74(60)90(76)51-29-34-78-65(39-51)62-35-36-87-48-79(62)92(78)53-28-31-67-81(43-53)95-80-42-52(91-70-19-7-1-13-56(70)57-14-2-8-20-71(57)91)27-30-66(80)84(67)68-40-54(93-72-21-9-3-15-58(72)59-16-4-10-22-73(59)93)46-88-82(68)83-69(84)41-55(47-89-83)94-75-24-12-6-18-61(75)64-38-50(45-86)26-33-77(64)94/h1-43,46-48H. The van der Waals surface area contributed by atoms with Gasteiger partial charge in [-0.25, -0.2) is 0 Å². The van der Waals surface area contributed by atoms with Crippen molar-refractivity contribution in [2.75, 3.05) is 0 Å². The molecule has 0 saturated heterocycles. The van der Waals surface area contributed by atoms with Gasteiger partial charge in [0.05, 0.1) is 125 Å². The van der Waals surface area contributed by atoms with Crippen LogP contribution in [0.5, 0.6) is 11.5 Å². The fourth-order valence-electron chi connectivity index (χ4n) is 16.5. The first-order valence-electron chi connectivity index (χ1n) is 31.7. The van der Waals surface area contributed by atoms with Gasteiger partial charge in [-0.15, -0.1) is 0 Å². The Balaban J connectivity index is 0.850. The van der Waals surface area contributed by atoms with Crippen LogP contribution in [0, 0.1) is 22.7 Å². The van der Waals surface area contributed by atoms with Crippen LogP contribution >= 0.6 is 0 Å². The molecule has 0 bridgehead atoms. The van der Waals surface area contributed by atoms with Crippen LogP contribution in [0.25, 0.3) is 149 Å². The number of hydrogen-bond acceptors (Lipinski definition) is 6. The SMILES string of the molecule is N#Cc1ccc2c(c1)c1ccccc1n2-c1cnc2c(c1)C1(c3ccc(-n4c5ccccc5c5ccccc54)cc3Oc3cc(-n4c5ccc(-n6c7ccccc7c7cc(C#N)ccc76)cc5c5ccncc54)ccc31)c1cc(-n3c4ccccc4c4ccccc43)cnc1-2. The van der Waals surface area contributed by atoms with Gasteiger partial charge in [-0.3, -0.25) is 15.0 Å². The molecule has 1 aliphatic carbocycles. The van der Waals surface area contributed by atoms with E-state index in [1.54, 1.807) is 0 Å². The van der Waals surface area contributed by atoms with E-state index in [1.807, 2.05) is 49.1 Å². The molecule has 1 unspecified atom stereocenters. The van der Waals surface area contributed by atoms with Crippen LogP contribution in [0.3, 0.4) is 0 Å². The minimum atomic E-state index is -1.09. The lowest BCUT2D eigenvalue weighted by Gasteiger charge is -2.39. The topological polar surface area (TPSA) is 120 Å². The summed E-state index contributed by atoms with van der Waals surface area (Å²) in [5.74, 6) is 1.38. The minimum absolute atomic E-state index is 0.597. The summed E-state index contributed by atoms with van der Waals surface area (Å²) in [4.78, 5) is 16.0. The first-order valence-corrected chi connectivity index (χ1v) is 31.7. The summed E-state index contributed by atoms with van der Waals surface area (Å²) >= 11 is 0. The Labute approximate surface area is 540 Å². The molecule has 0 saturated carbocycles. The number of rotatable bonds is 5. The van der Waals surface area contributed by atoms with E-state index in [9.17, 15) is 10.5 Å². The molecule has 0 N–H and O–H groups in total. The second-order valence-corrected chi connectivity index (χ2v) is 25.0. The third-order valence-corrected chi connectivity index (χ3v) is 20.3. The molecule has 8 aromatic heterocycles. The number of hydrogen-bond donors (Lipinski definition) is 0. The maximum absolute atomic E-state index is 10.2. The zero-order valence-corrected chi connectivity index (χ0v) is 50.4. The maximum Gasteiger partial charge on any atom is 0.134 e. The molecule has 0 fully saturated rings. The van der Waals surface area contributed by atoms with Crippen molar-refractivity contribution < 1.29 is 4.74 Å². The van der Waals surface area contributed by atoms with Crippen molar-refractivity contribution in [3.63, 3.8) is 0 Å². The van der Waals surface area contributed by atoms with Gasteiger partial charge in [0.25, 0.3) is 0 Å². The molecule has 0 radical (unpaired) electrons. The molecule has 438 valence electrons. The third kappa shape index (κ3) is 6.81. The summed E-state index contributed by atoms with van der Waals surface area (Å²) in [6.45, 7) is 0. The Bertz CT molecular complexity index is 6650. The van der Waals surface area contributed by atoms with Gasteiger partial charge in [-0.1, -0.05) is 121 Å². The Morgan fingerprint density at radius 2 is 0.621 bits per heavy atom. The van der Waals surface area contributed by atoms with Gasteiger partial charge in [0.2, 0.25) is 0 Å². The predicted molar refractivity (Wildman–Crippen MR) is 378 cm³/mol. The van der Waals surface area contributed by atoms with Crippen molar-refractivity contribution in [1.82, 2.24) is 37.8 Å². The molecule has 11 heteroatoms. The minimum Gasteiger partial charge on any atom is -0.457 e. The smallest absolute Gasteiger partial charge is 0.134 e. The average molecular weight is 1210 g/mol. The van der Waals surface area contributed by atoms with Crippen molar-refractivity contribution in [1.29, 1.82) is 10.5 Å². The van der Waals surface area contributed by atoms with Crippen LogP contribution in [0.15, 0.2) is 280 Å². The molecular weight excluding hydrogens is 1160 g/mol. The lowest BCUT2D eigenvalue weighted by atomic mass is 9.66. The normalized spacial score (nSPS) is 14.0. The quantitative estimate of drug-likeness (QED) is 0.169. The lowest BCUT2D eigenvalue weighted by molar-refractivity contribution is 0.436. The Hall–Kier alpha value is -13.4. The average Bonchev–Trinajstić information content (AvgIpc) is 1.56. The summed E-state index contributed by atoms with van der Waals surface area (Å²) in [6.07, 6.45) is 7.83. The van der Waals surface area contributed by atoms with Gasteiger partial charge in [0.15, 0.2) is 0 Å². The predicted octanol–water partition coefficient (Wildman–Crippen LogP) is 19.6. The largest absolute Gasteiger partial charge is 0.457 e. The maximum atomic E-state index is 10.2. The molecular formula is C84H46N10O. The van der Waals surface area contributed by atoms with Gasteiger partial charge < -0.3 is 27.6 Å². The molecule has 2 aliphatic rings. The van der Waals surface area contributed by atoms with E-state index < -0.39 is 5.41 Å². The molecule has 11 nitrogen and oxygen atoms in total. The zero-order valence-electron chi connectivity index (χ0n) is 50.4. The van der Waals surface area contributed by atoms with Crippen molar-refractivity contribution in [3.05, 3.63) is 313 Å². The van der Waals surface area contributed by atoms with E-state index in [4.69, 9.17) is 19.7 Å². The zero-order chi connectivity index (χ0) is 62.4. The highest BCUT2D eigenvalue weighted by Crippen LogP contribution is 2.63. The van der Waals surface area contributed by atoms with Crippen molar-refractivity contribution >= 4 is 109 Å². The molecule has 19 aromatic rings. The molecule has 1 spiro atoms. The number of fused-ring (bicyclic) bond motifs is 24. The third-order valence-electron chi connectivity index (χ3n) is 20.3. The number of ether oxygens (including phenoxy) is 1. The lowest BCUT2D eigenvalue weighted by Crippen LogP contribution is -2.32. The fourth-order valence-corrected chi connectivity index (χ4v) is 16.5. The highest BCUT2D eigenvalue weighted by Gasteiger charge is 2.53. The Morgan fingerprint density at radius 3 is 1.05 bits per heavy atom. The number of pyridine rings is 3. The van der Waals surface area contributed by atoms with Crippen LogP contribution < -0.4 is 4.74 Å². The van der Waals surface area contributed by atoms with Crippen LogP contribution in [0.1, 0.15) is 33.4 Å². The molecule has 21 rings (SSSR count). The summed E-state index contributed by atoms with van der Waals surface area (Å²) in [6, 6.07) is 95.0. The van der Waals surface area contributed by atoms with Crippen molar-refractivity contribution in [2.24, 2.45) is 0 Å². The molecule has 1 aliphatic heterocycles. The van der Waals surface area contributed by atoms with E-state index in [0.717, 1.165) is 160 Å². The summed E-state index contributed by atoms with van der Waals surface area (Å²) in [7, 11) is 0. The van der Waals surface area contributed by atoms with E-state index in [-0.39, 0.29) is 0 Å². The first-order chi connectivity index (χ1) is 47.0. The van der Waals surface area contributed by atoms with Crippen molar-refractivity contribution in [2.45, 2.75) is 5.41 Å². The highest BCUT2D eigenvalue weighted by molar-refractivity contribution is 6.14. The van der Waals surface area contributed by atoms with Gasteiger partial charge in [-0.05, 0) is 121 Å². The van der Waals surface area contributed by atoms with Crippen LogP contribution in [0.2, 0.25) is 0 Å². The second-order valence-electron chi connectivity index (χ2n) is 25.0. The molecule has 9 heterocycles. The van der Waals surface area contributed by atoms with E-state index in [0.29, 0.717) is 22.6 Å². The first kappa shape index (κ1) is 51.4. The van der Waals surface area contributed by atoms with Crippen LogP contribution in [-0.2, 0) is 5.41 Å². The highest BCUT2D eigenvalue weighted by atomic mass is 16.5. The summed E-state index contributed by atoms with van der Waals surface area (Å²) < 4.78 is 19.3. The van der Waals surface area contributed by atoms with E-state index >= 15 is 0 Å². The number of para-hydroxylation sites is 6. The monoisotopic (exact) mass is 1210 g/mol. The van der Waals surface area contributed by atoms with Crippen LogP contribution in [-0.4, -0.2) is 37.8 Å². The van der Waals surface area contributed by atoms with Crippen LogP contribution in [0.4, 0.5) is 0 Å². The van der Waals surface area contributed by atoms with E-state index in [1.165, 1.54) is 10.8 Å². The summed E-state index contributed by atoms with van der Waals surface area (Å²) in [5.41, 5.74) is 20.5. The van der Waals surface area contributed by atoms with Gasteiger partial charge in [0.1, 0.15) is 11.5 Å². The summed E-state index contributed by atoms with van der Waals surface area (Å²) in [5, 5.41) is 31.1. The fraction of sp³-hybridized carbons (Fsp3) is 0.0119.